The number of rotatable bonds is 3. The lowest BCUT2D eigenvalue weighted by atomic mass is 10.0. The zero-order valence-corrected chi connectivity index (χ0v) is 19.0. The number of anilines is 1. The Morgan fingerprint density at radius 3 is 2.72 bits per heavy atom. The average Bonchev–Trinajstić information content (AvgIpc) is 3.18. The van der Waals surface area contributed by atoms with E-state index in [1.54, 1.807) is 9.69 Å². The Balaban J connectivity index is 1.35. The summed E-state index contributed by atoms with van der Waals surface area (Å²) in [4.78, 5) is 2.72. The quantitative estimate of drug-likeness (QED) is 0.526. The molecule has 0 bridgehead atoms. The van der Waals surface area contributed by atoms with Crippen LogP contribution in [-0.2, 0) is 21.4 Å². The highest BCUT2D eigenvalue weighted by Gasteiger charge is 2.34. The Bertz CT molecular complexity index is 1150. The molecule has 5 nitrogen and oxygen atoms in total. The van der Waals surface area contributed by atoms with Gasteiger partial charge in [0, 0.05) is 50.3 Å². The molecule has 0 amide bonds. The van der Waals surface area contributed by atoms with Crippen LogP contribution in [0.4, 0.5) is 5.69 Å². The number of benzene rings is 2. The first kappa shape index (κ1) is 19.5. The van der Waals surface area contributed by atoms with E-state index >= 15 is 0 Å². The van der Waals surface area contributed by atoms with Crippen molar-refractivity contribution >= 4 is 53.1 Å². The molecule has 0 N–H and O–H groups in total. The predicted octanol–water partition coefficient (Wildman–Crippen LogP) is 4.81. The van der Waals surface area contributed by atoms with E-state index in [1.807, 2.05) is 24.3 Å². The number of hydrogen-bond acceptors (Lipinski definition) is 5. The van der Waals surface area contributed by atoms with Crippen LogP contribution in [0, 0.1) is 0 Å². The van der Waals surface area contributed by atoms with Gasteiger partial charge in [0.05, 0.1) is 6.61 Å². The van der Waals surface area contributed by atoms with Crippen LogP contribution in [0.15, 0.2) is 57.2 Å². The minimum atomic E-state index is -3.48. The molecule has 29 heavy (non-hydrogen) atoms. The third kappa shape index (κ3) is 3.51. The molecule has 0 radical (unpaired) electrons. The number of halogens is 1. The van der Waals surface area contributed by atoms with E-state index in [0.717, 1.165) is 27.4 Å². The molecular weight excluding hydrogens is 472 g/mol. The maximum Gasteiger partial charge on any atom is 0.244 e. The summed E-state index contributed by atoms with van der Waals surface area (Å²) in [6.07, 6.45) is 1.58. The molecule has 1 aromatic heterocycles. The van der Waals surface area contributed by atoms with Crippen LogP contribution in [0.1, 0.15) is 18.4 Å². The summed E-state index contributed by atoms with van der Waals surface area (Å²) in [5.74, 6) is 0. The maximum absolute atomic E-state index is 13.3. The van der Waals surface area contributed by atoms with Gasteiger partial charge in [-0.3, -0.25) is 0 Å². The summed E-state index contributed by atoms with van der Waals surface area (Å²) >= 11 is 5.01. The largest absolute Gasteiger partial charge is 0.356 e. The van der Waals surface area contributed by atoms with Gasteiger partial charge >= 0.3 is 0 Å². The van der Waals surface area contributed by atoms with Crippen molar-refractivity contribution in [1.29, 1.82) is 0 Å². The number of sulfonamides is 1. The monoisotopic (exact) mass is 492 g/mol. The van der Waals surface area contributed by atoms with Gasteiger partial charge in [0.1, 0.15) is 11.6 Å². The van der Waals surface area contributed by atoms with Crippen LogP contribution in [-0.4, -0.2) is 38.6 Å². The zero-order chi connectivity index (χ0) is 20.0. The van der Waals surface area contributed by atoms with Gasteiger partial charge in [-0.2, -0.15) is 4.31 Å². The minimum Gasteiger partial charge on any atom is -0.356 e. The number of hydrogen-bond donors (Lipinski definition) is 0. The highest BCUT2D eigenvalue weighted by atomic mass is 79.9. The molecule has 0 aliphatic carbocycles. The third-order valence-corrected chi connectivity index (χ3v) is 9.31. The summed E-state index contributed by atoms with van der Waals surface area (Å²) in [6, 6.07) is 14.3. The lowest BCUT2D eigenvalue weighted by Gasteiger charge is -2.41. The Morgan fingerprint density at radius 1 is 1.10 bits per heavy atom. The first-order valence-corrected chi connectivity index (χ1v) is 12.7. The second-order valence-corrected chi connectivity index (χ2v) is 11.2. The number of nitrogens with zero attached hydrogens (tertiary/aromatic N) is 2. The van der Waals surface area contributed by atoms with Crippen molar-refractivity contribution in [1.82, 2.24) is 4.31 Å². The Kier molecular flexibility index (Phi) is 5.16. The minimum absolute atomic E-state index is 0.279. The van der Waals surface area contributed by atoms with E-state index in [1.165, 1.54) is 22.6 Å². The van der Waals surface area contributed by atoms with Gasteiger partial charge in [0.25, 0.3) is 0 Å². The van der Waals surface area contributed by atoms with Crippen molar-refractivity contribution in [2.75, 3.05) is 24.7 Å². The zero-order valence-electron chi connectivity index (χ0n) is 15.8. The Hall–Kier alpha value is -1.45. The standard InChI is InChI=1S/C21H21BrN2O3S2/c22-16-5-6-19-15(11-16)12-27-14-24(19)17-7-9-23(10-8-17)29(25,26)21-13-28-20-4-2-1-3-18(20)21/h1-6,11,13,17H,7-10,12,14H2. The molecule has 2 aliphatic rings. The summed E-state index contributed by atoms with van der Waals surface area (Å²) in [5.41, 5.74) is 2.37. The van der Waals surface area contributed by atoms with Crippen molar-refractivity contribution in [3.05, 3.63) is 57.9 Å². The molecule has 152 valence electrons. The van der Waals surface area contributed by atoms with E-state index < -0.39 is 10.0 Å². The molecule has 3 aromatic rings. The second kappa shape index (κ2) is 7.67. The van der Waals surface area contributed by atoms with Crippen LogP contribution in [0.5, 0.6) is 0 Å². The van der Waals surface area contributed by atoms with Crippen LogP contribution < -0.4 is 4.90 Å². The van der Waals surface area contributed by atoms with Gasteiger partial charge < -0.3 is 9.64 Å². The fourth-order valence-corrected chi connectivity index (χ4v) is 7.61. The maximum atomic E-state index is 13.3. The Morgan fingerprint density at radius 2 is 1.90 bits per heavy atom. The normalized spacial score (nSPS) is 18.9. The average molecular weight is 493 g/mol. The fourth-order valence-electron chi connectivity index (χ4n) is 4.26. The van der Waals surface area contributed by atoms with Gasteiger partial charge in [-0.05, 0) is 37.1 Å². The number of ether oxygens (including phenoxy) is 1. The van der Waals surface area contributed by atoms with Gasteiger partial charge in [0.2, 0.25) is 10.0 Å². The van der Waals surface area contributed by atoms with Gasteiger partial charge in [0.15, 0.2) is 0 Å². The molecular formula is C21H21BrN2O3S2. The SMILES string of the molecule is O=S(=O)(c1csc2ccccc12)N1CCC(N2COCc3cc(Br)ccc32)CC1. The molecule has 2 aromatic carbocycles. The highest BCUT2D eigenvalue weighted by Crippen LogP contribution is 2.35. The van der Waals surface area contributed by atoms with Crippen molar-refractivity contribution in [2.45, 2.75) is 30.4 Å². The van der Waals surface area contributed by atoms with Gasteiger partial charge in [-0.25, -0.2) is 8.42 Å². The lowest BCUT2D eigenvalue weighted by molar-refractivity contribution is 0.0987. The Labute approximate surface area is 183 Å². The van der Waals surface area contributed by atoms with Crippen LogP contribution >= 0.6 is 27.3 Å². The first-order chi connectivity index (χ1) is 14.0. The molecule has 5 rings (SSSR count). The molecule has 8 heteroatoms. The van der Waals surface area contributed by atoms with E-state index in [2.05, 4.69) is 39.0 Å². The summed E-state index contributed by atoms with van der Waals surface area (Å²) < 4.78 is 36.0. The summed E-state index contributed by atoms with van der Waals surface area (Å²) in [6.45, 7) is 2.23. The van der Waals surface area contributed by atoms with Crippen LogP contribution in [0.2, 0.25) is 0 Å². The van der Waals surface area contributed by atoms with Crippen LogP contribution in [0.3, 0.4) is 0 Å². The second-order valence-electron chi connectivity index (χ2n) is 7.45. The smallest absolute Gasteiger partial charge is 0.244 e. The molecule has 1 fully saturated rings. The number of fused-ring (bicyclic) bond motifs is 2. The number of thiophene rings is 1. The van der Waals surface area contributed by atoms with E-state index in [-0.39, 0.29) is 6.04 Å². The molecule has 1 saturated heterocycles. The summed E-state index contributed by atoms with van der Waals surface area (Å²) in [7, 11) is -3.48. The van der Waals surface area contributed by atoms with Gasteiger partial charge in [-0.1, -0.05) is 34.1 Å². The molecule has 0 saturated carbocycles. The molecule has 0 spiro atoms. The molecule has 2 aliphatic heterocycles. The van der Waals surface area contributed by atoms with E-state index in [0.29, 0.717) is 31.3 Å². The summed E-state index contributed by atoms with van der Waals surface area (Å²) in [5, 5.41) is 2.60. The van der Waals surface area contributed by atoms with E-state index in [9.17, 15) is 8.42 Å². The molecule has 0 unspecified atom stereocenters. The third-order valence-electron chi connectivity index (χ3n) is 5.77. The number of piperidine rings is 1. The van der Waals surface area contributed by atoms with Crippen molar-refractivity contribution < 1.29 is 13.2 Å². The predicted molar refractivity (Wildman–Crippen MR) is 120 cm³/mol. The van der Waals surface area contributed by atoms with E-state index in [4.69, 9.17) is 4.74 Å². The molecule has 0 atom stereocenters. The van der Waals surface area contributed by atoms with Crippen molar-refractivity contribution in [3.63, 3.8) is 0 Å². The van der Waals surface area contributed by atoms with Crippen LogP contribution in [0.25, 0.3) is 10.1 Å². The molecule has 3 heterocycles. The first-order valence-electron chi connectivity index (χ1n) is 9.63. The van der Waals surface area contributed by atoms with Gasteiger partial charge in [-0.15, -0.1) is 11.3 Å². The van der Waals surface area contributed by atoms with Crippen molar-refractivity contribution in [2.24, 2.45) is 0 Å². The highest BCUT2D eigenvalue weighted by molar-refractivity contribution is 9.10. The fraction of sp³-hybridized carbons (Fsp3) is 0.333. The lowest BCUT2D eigenvalue weighted by Crippen LogP contribution is -2.48. The van der Waals surface area contributed by atoms with Crippen molar-refractivity contribution in [3.8, 4) is 0 Å². The topological polar surface area (TPSA) is 49.9 Å².